The molecule has 62 valence electrons. The van der Waals surface area contributed by atoms with Crippen molar-refractivity contribution >= 4 is 5.97 Å². The minimum atomic E-state index is -0.666. The summed E-state index contributed by atoms with van der Waals surface area (Å²) in [6.07, 6.45) is 2.79. The number of carbonyl (C=O) groups is 1. The Hall–Kier alpha value is -0.570. The Bertz CT molecular complexity index is 196. The first kappa shape index (κ1) is 7.10. The standard InChI is InChI=1S/C8H13NO2/c1-5-2-6-4-8(3-5,9-6)7(10)11/h5-6,9H,2-4H2,1H3,(H,10,11)/t5-,6?,8?/m1/s1. The molecule has 0 aromatic heterocycles. The summed E-state index contributed by atoms with van der Waals surface area (Å²) in [5.41, 5.74) is -0.539. The molecule has 11 heavy (non-hydrogen) atoms. The van der Waals surface area contributed by atoms with E-state index in [4.69, 9.17) is 5.11 Å². The van der Waals surface area contributed by atoms with Crippen LogP contribution in [0.2, 0.25) is 0 Å². The van der Waals surface area contributed by atoms with Crippen molar-refractivity contribution in [3.63, 3.8) is 0 Å². The summed E-state index contributed by atoms with van der Waals surface area (Å²) in [5.74, 6) is -0.0913. The van der Waals surface area contributed by atoms with Crippen molar-refractivity contribution in [2.24, 2.45) is 5.92 Å². The molecule has 3 nitrogen and oxygen atoms in total. The Morgan fingerprint density at radius 2 is 2.27 bits per heavy atom. The van der Waals surface area contributed by atoms with Gasteiger partial charge in [0.2, 0.25) is 0 Å². The molecular weight excluding hydrogens is 142 g/mol. The van der Waals surface area contributed by atoms with Crippen molar-refractivity contribution < 1.29 is 9.90 Å². The third-order valence-corrected chi connectivity index (χ3v) is 2.87. The molecule has 2 unspecified atom stereocenters. The van der Waals surface area contributed by atoms with Gasteiger partial charge in [-0.05, 0) is 25.2 Å². The highest BCUT2D eigenvalue weighted by Gasteiger charge is 2.54. The molecule has 2 aliphatic heterocycles. The van der Waals surface area contributed by atoms with Gasteiger partial charge in [-0.15, -0.1) is 0 Å². The Morgan fingerprint density at radius 1 is 1.64 bits per heavy atom. The van der Waals surface area contributed by atoms with Crippen molar-refractivity contribution in [3.8, 4) is 0 Å². The van der Waals surface area contributed by atoms with Crippen LogP contribution in [0, 0.1) is 5.92 Å². The van der Waals surface area contributed by atoms with Gasteiger partial charge in [0.1, 0.15) is 5.54 Å². The molecule has 3 fully saturated rings. The van der Waals surface area contributed by atoms with Gasteiger partial charge in [-0.2, -0.15) is 0 Å². The van der Waals surface area contributed by atoms with Crippen LogP contribution in [0.3, 0.4) is 0 Å². The molecule has 3 atom stereocenters. The largest absolute Gasteiger partial charge is 0.480 e. The van der Waals surface area contributed by atoms with E-state index in [1.807, 2.05) is 0 Å². The molecule has 2 heterocycles. The zero-order valence-corrected chi connectivity index (χ0v) is 6.63. The van der Waals surface area contributed by atoms with Gasteiger partial charge in [0.15, 0.2) is 0 Å². The second kappa shape index (κ2) is 1.97. The van der Waals surface area contributed by atoms with Gasteiger partial charge >= 0.3 is 5.97 Å². The maximum Gasteiger partial charge on any atom is 0.323 e. The molecule has 0 radical (unpaired) electrons. The highest BCUT2D eigenvalue weighted by atomic mass is 16.4. The van der Waals surface area contributed by atoms with Gasteiger partial charge in [-0.1, -0.05) is 6.92 Å². The molecule has 3 aliphatic rings. The number of carboxylic acids is 1. The Kier molecular flexibility index (Phi) is 1.27. The van der Waals surface area contributed by atoms with E-state index < -0.39 is 11.5 Å². The van der Waals surface area contributed by atoms with Gasteiger partial charge in [-0.3, -0.25) is 10.1 Å². The second-order valence-corrected chi connectivity index (χ2v) is 3.98. The van der Waals surface area contributed by atoms with Gasteiger partial charge in [0.25, 0.3) is 0 Å². The molecule has 2 saturated heterocycles. The maximum atomic E-state index is 10.8. The van der Waals surface area contributed by atoms with Crippen molar-refractivity contribution in [2.45, 2.75) is 37.8 Å². The van der Waals surface area contributed by atoms with Crippen LogP contribution >= 0.6 is 0 Å². The number of piperidine rings is 1. The monoisotopic (exact) mass is 155 g/mol. The fourth-order valence-electron chi connectivity index (χ4n) is 2.48. The average Bonchev–Trinajstić information content (AvgIpc) is 1.83. The summed E-state index contributed by atoms with van der Waals surface area (Å²) in [4.78, 5) is 10.8. The smallest absolute Gasteiger partial charge is 0.323 e. The summed E-state index contributed by atoms with van der Waals surface area (Å²) >= 11 is 0. The molecular formula is C8H13NO2. The molecule has 2 N–H and O–H groups in total. The molecule has 0 spiro atoms. The predicted molar refractivity (Wildman–Crippen MR) is 40.3 cm³/mol. The molecule has 3 rings (SSSR count). The fraction of sp³-hybridized carbons (Fsp3) is 0.875. The van der Waals surface area contributed by atoms with Gasteiger partial charge in [-0.25, -0.2) is 0 Å². The lowest BCUT2D eigenvalue weighted by Crippen LogP contribution is -2.71. The molecule has 1 saturated carbocycles. The lowest BCUT2D eigenvalue weighted by molar-refractivity contribution is -0.154. The maximum absolute atomic E-state index is 10.8. The molecule has 1 aliphatic carbocycles. The zero-order chi connectivity index (χ0) is 8.06. The van der Waals surface area contributed by atoms with Crippen LogP contribution in [0.15, 0.2) is 0 Å². The minimum absolute atomic E-state index is 0.481. The summed E-state index contributed by atoms with van der Waals surface area (Å²) < 4.78 is 0. The second-order valence-electron chi connectivity index (χ2n) is 3.98. The Labute approximate surface area is 65.8 Å². The Morgan fingerprint density at radius 3 is 2.64 bits per heavy atom. The number of rotatable bonds is 1. The fourth-order valence-corrected chi connectivity index (χ4v) is 2.48. The van der Waals surface area contributed by atoms with Crippen LogP contribution in [0.5, 0.6) is 0 Å². The summed E-state index contributed by atoms with van der Waals surface area (Å²) in [5, 5.41) is 12.0. The van der Waals surface area contributed by atoms with Crippen molar-refractivity contribution in [2.75, 3.05) is 0 Å². The first-order valence-corrected chi connectivity index (χ1v) is 4.13. The number of carboxylic acid groups (broad SMARTS) is 1. The number of fused-ring (bicyclic) bond motifs is 2. The normalized spacial score (nSPS) is 48.1. The average molecular weight is 155 g/mol. The zero-order valence-electron chi connectivity index (χ0n) is 6.63. The highest BCUT2D eigenvalue weighted by molar-refractivity contribution is 5.80. The van der Waals surface area contributed by atoms with Crippen LogP contribution in [-0.4, -0.2) is 22.7 Å². The highest BCUT2D eigenvalue weighted by Crippen LogP contribution is 2.41. The van der Waals surface area contributed by atoms with Crippen LogP contribution < -0.4 is 5.32 Å². The van der Waals surface area contributed by atoms with E-state index in [0.29, 0.717) is 12.0 Å². The van der Waals surface area contributed by atoms with E-state index in [2.05, 4.69) is 12.2 Å². The van der Waals surface area contributed by atoms with Crippen molar-refractivity contribution in [1.82, 2.24) is 5.32 Å². The topological polar surface area (TPSA) is 49.3 Å². The van der Waals surface area contributed by atoms with Crippen LogP contribution in [0.4, 0.5) is 0 Å². The van der Waals surface area contributed by atoms with E-state index >= 15 is 0 Å². The number of hydrogen-bond acceptors (Lipinski definition) is 2. The summed E-state index contributed by atoms with van der Waals surface area (Å²) in [6, 6.07) is 0.481. The molecule has 3 heteroatoms. The van der Waals surface area contributed by atoms with Crippen molar-refractivity contribution in [3.05, 3.63) is 0 Å². The number of hydrogen-bond donors (Lipinski definition) is 2. The predicted octanol–water partition coefficient (Wildman–Crippen LogP) is 0.602. The molecule has 0 amide bonds. The molecule has 2 bridgehead atoms. The minimum Gasteiger partial charge on any atom is -0.480 e. The summed E-state index contributed by atoms with van der Waals surface area (Å²) in [7, 11) is 0. The van der Waals surface area contributed by atoms with E-state index in [-0.39, 0.29) is 0 Å². The quantitative estimate of drug-likeness (QED) is 0.583. The van der Waals surface area contributed by atoms with E-state index in [1.54, 1.807) is 0 Å². The first-order valence-electron chi connectivity index (χ1n) is 4.13. The lowest BCUT2D eigenvalue weighted by atomic mass is 9.66. The van der Waals surface area contributed by atoms with E-state index in [9.17, 15) is 4.79 Å². The van der Waals surface area contributed by atoms with Crippen molar-refractivity contribution in [1.29, 1.82) is 0 Å². The third kappa shape index (κ3) is 0.872. The first-order chi connectivity index (χ1) is 5.12. The lowest BCUT2D eigenvalue weighted by Gasteiger charge is -2.53. The Balaban J connectivity index is 2.12. The number of aliphatic carboxylic acids is 1. The van der Waals surface area contributed by atoms with E-state index in [1.165, 1.54) is 0 Å². The molecule has 0 aromatic carbocycles. The van der Waals surface area contributed by atoms with E-state index in [0.717, 1.165) is 19.3 Å². The SMILES string of the molecule is C[C@@H]1CC2CC(C(=O)O)(C1)N2. The third-order valence-electron chi connectivity index (χ3n) is 2.87. The molecule has 0 aromatic rings. The van der Waals surface area contributed by atoms with Crippen LogP contribution in [0.25, 0.3) is 0 Å². The van der Waals surface area contributed by atoms with Crippen LogP contribution in [-0.2, 0) is 4.79 Å². The van der Waals surface area contributed by atoms with Gasteiger partial charge < -0.3 is 5.11 Å². The summed E-state index contributed by atoms with van der Waals surface area (Å²) in [6.45, 7) is 2.13. The number of nitrogens with one attached hydrogen (secondary N) is 1. The van der Waals surface area contributed by atoms with Gasteiger partial charge in [0.05, 0.1) is 0 Å². The van der Waals surface area contributed by atoms with Crippen LogP contribution in [0.1, 0.15) is 26.2 Å². The van der Waals surface area contributed by atoms with Gasteiger partial charge in [0, 0.05) is 6.04 Å².